The van der Waals surface area contributed by atoms with Crippen molar-refractivity contribution in [1.29, 1.82) is 0 Å². The van der Waals surface area contributed by atoms with Gasteiger partial charge in [-0.15, -0.1) is 0 Å². The fourth-order valence-electron chi connectivity index (χ4n) is 3.30. The van der Waals surface area contributed by atoms with Crippen molar-refractivity contribution in [2.45, 2.75) is 62.7 Å². The molecule has 0 spiro atoms. The maximum Gasteiger partial charge on any atom is 0.326 e. The Morgan fingerprint density at radius 2 is 1.43 bits per heavy atom. The van der Waals surface area contributed by atoms with Crippen LogP contribution in [0, 0.1) is 0 Å². The number of hydrogen-bond donors (Lipinski definition) is 9. The molecule has 11 N–H and O–H groups in total. The number of thiol groups is 1. The molecule has 0 aliphatic carbocycles. The maximum absolute atomic E-state index is 12.8. The zero-order valence-electron chi connectivity index (χ0n) is 20.4. The second kappa shape index (κ2) is 16.4. The van der Waals surface area contributed by atoms with Crippen LogP contribution in [0.15, 0.2) is 24.3 Å². The molecule has 0 saturated heterocycles. The van der Waals surface area contributed by atoms with Gasteiger partial charge in [0.2, 0.25) is 23.6 Å². The molecule has 14 heteroatoms. The fourth-order valence-corrected chi connectivity index (χ4v) is 3.56. The molecule has 37 heavy (non-hydrogen) atoms. The van der Waals surface area contributed by atoms with Crippen LogP contribution in [0.3, 0.4) is 0 Å². The average molecular weight is 541 g/mol. The Bertz CT molecular complexity index is 931. The van der Waals surface area contributed by atoms with Gasteiger partial charge in [0, 0.05) is 12.2 Å². The van der Waals surface area contributed by atoms with Gasteiger partial charge in [0.05, 0.1) is 6.04 Å². The third-order valence-electron chi connectivity index (χ3n) is 5.42. The number of benzene rings is 1. The number of amides is 4. The number of primary amides is 1. The standard InChI is InChI=1S/C23H36N6O7S/c24-10-2-1-3-17(23(35)36)28-21(33)16(8-9-19(26)31)27-22(34)18(12-37)29-20(32)15(25)11-13-4-6-14(30)7-5-13/h4-7,15-18,30,37H,1-3,8-12,24-25H2,(H2,26,31)(H,27,34)(H,28,33)(H,29,32)(H,35,36). The first-order chi connectivity index (χ1) is 17.5. The van der Waals surface area contributed by atoms with Crippen LogP contribution in [-0.2, 0) is 30.4 Å². The highest BCUT2D eigenvalue weighted by molar-refractivity contribution is 7.80. The van der Waals surface area contributed by atoms with E-state index in [1.165, 1.54) is 12.1 Å². The largest absolute Gasteiger partial charge is 0.508 e. The lowest BCUT2D eigenvalue weighted by atomic mass is 10.1. The molecule has 13 nitrogen and oxygen atoms in total. The smallest absolute Gasteiger partial charge is 0.326 e. The topological polar surface area (TPSA) is 240 Å². The van der Waals surface area contributed by atoms with E-state index in [1.54, 1.807) is 12.1 Å². The summed E-state index contributed by atoms with van der Waals surface area (Å²) in [5.74, 6) is -4.29. The Labute approximate surface area is 220 Å². The maximum atomic E-state index is 12.8. The molecular formula is C23H36N6O7S. The van der Waals surface area contributed by atoms with Crippen molar-refractivity contribution in [3.05, 3.63) is 29.8 Å². The number of unbranched alkanes of at least 4 members (excludes halogenated alkanes) is 1. The van der Waals surface area contributed by atoms with E-state index in [-0.39, 0.29) is 37.2 Å². The molecular weight excluding hydrogens is 504 g/mol. The highest BCUT2D eigenvalue weighted by Crippen LogP contribution is 2.11. The van der Waals surface area contributed by atoms with E-state index in [4.69, 9.17) is 17.2 Å². The number of nitrogens with two attached hydrogens (primary N) is 3. The predicted molar refractivity (Wildman–Crippen MR) is 138 cm³/mol. The summed E-state index contributed by atoms with van der Waals surface area (Å²) in [6.45, 7) is 0.368. The van der Waals surface area contributed by atoms with Crippen molar-refractivity contribution in [1.82, 2.24) is 16.0 Å². The predicted octanol–water partition coefficient (Wildman–Crippen LogP) is -1.87. The van der Waals surface area contributed by atoms with E-state index in [0.717, 1.165) is 0 Å². The van der Waals surface area contributed by atoms with Crippen molar-refractivity contribution < 1.29 is 34.2 Å². The van der Waals surface area contributed by atoms with Crippen LogP contribution in [0.25, 0.3) is 0 Å². The molecule has 1 aromatic rings. The third-order valence-corrected chi connectivity index (χ3v) is 5.78. The lowest BCUT2D eigenvalue weighted by Gasteiger charge is -2.24. The van der Waals surface area contributed by atoms with Gasteiger partial charge in [-0.1, -0.05) is 12.1 Å². The van der Waals surface area contributed by atoms with Crippen molar-refractivity contribution in [3.63, 3.8) is 0 Å². The monoisotopic (exact) mass is 540 g/mol. The quantitative estimate of drug-likeness (QED) is 0.0792. The molecule has 0 radical (unpaired) electrons. The van der Waals surface area contributed by atoms with Gasteiger partial charge >= 0.3 is 5.97 Å². The zero-order valence-corrected chi connectivity index (χ0v) is 21.3. The van der Waals surface area contributed by atoms with Crippen LogP contribution < -0.4 is 33.2 Å². The Morgan fingerprint density at radius 1 is 0.865 bits per heavy atom. The summed E-state index contributed by atoms with van der Waals surface area (Å²) >= 11 is 4.09. The number of hydrogen-bond acceptors (Lipinski definition) is 9. The summed E-state index contributed by atoms with van der Waals surface area (Å²) in [4.78, 5) is 61.0. The first-order valence-electron chi connectivity index (χ1n) is 11.7. The van der Waals surface area contributed by atoms with Crippen LogP contribution in [0.5, 0.6) is 5.75 Å². The molecule has 1 aromatic carbocycles. The van der Waals surface area contributed by atoms with E-state index < -0.39 is 53.8 Å². The highest BCUT2D eigenvalue weighted by atomic mass is 32.1. The summed E-state index contributed by atoms with van der Waals surface area (Å²) in [5, 5.41) is 26.0. The number of carbonyl (C=O) groups excluding carboxylic acids is 4. The van der Waals surface area contributed by atoms with Gasteiger partial charge in [0.1, 0.15) is 23.9 Å². The normalized spacial score (nSPS) is 14.0. The average Bonchev–Trinajstić information content (AvgIpc) is 2.85. The lowest BCUT2D eigenvalue weighted by molar-refractivity contribution is -0.142. The van der Waals surface area contributed by atoms with E-state index in [9.17, 15) is 34.2 Å². The lowest BCUT2D eigenvalue weighted by Crippen LogP contribution is -2.57. The summed E-state index contributed by atoms with van der Waals surface area (Å²) < 4.78 is 0. The molecule has 0 aliphatic heterocycles. The SMILES string of the molecule is NCCCCC(NC(=O)C(CCC(N)=O)NC(=O)C(CS)NC(=O)C(N)Cc1ccc(O)cc1)C(=O)O. The Morgan fingerprint density at radius 3 is 1.97 bits per heavy atom. The molecule has 0 bridgehead atoms. The molecule has 0 saturated carbocycles. The minimum atomic E-state index is -1.29. The number of rotatable bonds is 17. The molecule has 4 amide bonds. The summed E-state index contributed by atoms with van der Waals surface area (Å²) in [5.41, 5.74) is 17.2. The zero-order chi connectivity index (χ0) is 28.0. The number of aromatic hydroxyl groups is 1. The number of carbonyl (C=O) groups is 5. The molecule has 4 unspecified atom stereocenters. The number of carboxylic acids is 1. The number of aliphatic carboxylic acids is 1. The molecule has 0 fully saturated rings. The minimum Gasteiger partial charge on any atom is -0.508 e. The summed E-state index contributed by atoms with van der Waals surface area (Å²) in [6, 6.07) is 1.42. The second-order valence-corrected chi connectivity index (χ2v) is 8.84. The van der Waals surface area contributed by atoms with E-state index in [2.05, 4.69) is 28.6 Å². The second-order valence-electron chi connectivity index (χ2n) is 8.47. The summed E-state index contributed by atoms with van der Waals surface area (Å²) in [7, 11) is 0. The van der Waals surface area contributed by atoms with Crippen LogP contribution in [0.2, 0.25) is 0 Å². The fraction of sp³-hybridized carbons (Fsp3) is 0.522. The van der Waals surface area contributed by atoms with Gasteiger partial charge in [0.15, 0.2) is 0 Å². The highest BCUT2D eigenvalue weighted by Gasteiger charge is 2.30. The Kier molecular flexibility index (Phi) is 14.0. The van der Waals surface area contributed by atoms with Crippen molar-refractivity contribution in [3.8, 4) is 5.75 Å². The van der Waals surface area contributed by atoms with Crippen molar-refractivity contribution in [2.75, 3.05) is 12.3 Å². The molecule has 0 heterocycles. The third kappa shape index (κ3) is 11.9. The molecule has 0 aliphatic rings. The van der Waals surface area contributed by atoms with Gasteiger partial charge in [-0.2, -0.15) is 12.6 Å². The van der Waals surface area contributed by atoms with E-state index >= 15 is 0 Å². The van der Waals surface area contributed by atoms with Gasteiger partial charge < -0.3 is 43.4 Å². The number of carboxylic acid groups (broad SMARTS) is 1. The van der Waals surface area contributed by atoms with Crippen molar-refractivity contribution in [2.24, 2.45) is 17.2 Å². The number of phenolic OH excluding ortho intramolecular Hbond substituents is 1. The van der Waals surface area contributed by atoms with Crippen LogP contribution in [-0.4, -0.2) is 76.3 Å². The van der Waals surface area contributed by atoms with Crippen LogP contribution in [0.4, 0.5) is 0 Å². The van der Waals surface area contributed by atoms with Gasteiger partial charge in [-0.25, -0.2) is 4.79 Å². The van der Waals surface area contributed by atoms with Gasteiger partial charge in [-0.05, 0) is 56.3 Å². The van der Waals surface area contributed by atoms with Crippen LogP contribution in [0.1, 0.15) is 37.7 Å². The van der Waals surface area contributed by atoms with Gasteiger partial charge in [-0.3, -0.25) is 19.2 Å². The molecule has 0 aromatic heterocycles. The molecule has 4 atom stereocenters. The molecule has 206 valence electrons. The Hall–Kier alpha value is -3.36. The first kappa shape index (κ1) is 31.7. The first-order valence-corrected chi connectivity index (χ1v) is 12.4. The van der Waals surface area contributed by atoms with Gasteiger partial charge in [0.25, 0.3) is 0 Å². The van der Waals surface area contributed by atoms with E-state index in [0.29, 0.717) is 24.9 Å². The van der Waals surface area contributed by atoms with Crippen molar-refractivity contribution >= 4 is 42.2 Å². The minimum absolute atomic E-state index is 0.0637. The Balaban J connectivity index is 2.85. The molecule has 1 rings (SSSR count). The number of nitrogens with one attached hydrogen (secondary N) is 3. The van der Waals surface area contributed by atoms with Crippen LogP contribution >= 0.6 is 12.6 Å². The summed E-state index contributed by atoms with van der Waals surface area (Å²) in [6.07, 6.45) is 0.860. The van der Waals surface area contributed by atoms with E-state index in [1.807, 2.05) is 0 Å². The number of phenols is 1.